The number of amides is 1. The van der Waals surface area contributed by atoms with Crippen LogP contribution in [0.25, 0.3) is 0 Å². The molecule has 3 N–H and O–H groups in total. The van der Waals surface area contributed by atoms with Gasteiger partial charge in [0.2, 0.25) is 11.5 Å². The third-order valence-electron chi connectivity index (χ3n) is 6.98. The van der Waals surface area contributed by atoms with Crippen LogP contribution in [0.2, 0.25) is 0 Å². The first-order valence-corrected chi connectivity index (χ1v) is 14.6. The number of nitrogen functional groups attached to an aromatic ring is 1. The van der Waals surface area contributed by atoms with Crippen LogP contribution in [-0.4, -0.2) is 102 Å². The molecule has 2 aliphatic rings. The molecule has 0 aromatic carbocycles. The van der Waals surface area contributed by atoms with Gasteiger partial charge in [0.1, 0.15) is 17.9 Å². The first-order valence-electron chi connectivity index (χ1n) is 12.4. The largest absolute Gasteiger partial charge is 0.731 e. The normalized spacial score (nSPS) is 21.4. The van der Waals surface area contributed by atoms with Gasteiger partial charge in [0, 0.05) is 24.6 Å². The number of nitrogens with zero attached hydrogens (tertiary/aromatic N) is 7. The van der Waals surface area contributed by atoms with Gasteiger partial charge in [-0.05, 0) is 13.8 Å². The van der Waals surface area contributed by atoms with Crippen molar-refractivity contribution in [2.45, 2.75) is 57.8 Å². The average molecular weight is 599 g/mol. The summed E-state index contributed by atoms with van der Waals surface area (Å²) in [5, 5.41) is 23.1. The number of aliphatic carboxylic acids is 1. The molecule has 0 aliphatic carbocycles. The molecule has 2 atom stereocenters. The van der Waals surface area contributed by atoms with Crippen LogP contribution < -0.4 is 5.73 Å². The molecule has 2 aromatic rings. The topological polar surface area (TPSA) is 223 Å². The second-order valence-electron chi connectivity index (χ2n) is 10.6. The van der Waals surface area contributed by atoms with Gasteiger partial charge >= 0.3 is 5.97 Å². The van der Waals surface area contributed by atoms with Crippen LogP contribution in [0.4, 0.5) is 5.13 Å². The zero-order chi connectivity index (χ0) is 29.5. The van der Waals surface area contributed by atoms with E-state index in [1.54, 1.807) is 6.20 Å². The van der Waals surface area contributed by atoms with Crippen LogP contribution in [0.5, 0.6) is 0 Å². The number of likely N-dealkylation sites (tertiary alicyclic amines) is 1. The van der Waals surface area contributed by atoms with Crippen molar-refractivity contribution in [3.63, 3.8) is 0 Å². The summed E-state index contributed by atoms with van der Waals surface area (Å²) in [6.07, 6.45) is 3.21. The van der Waals surface area contributed by atoms with E-state index in [-0.39, 0.29) is 21.7 Å². The van der Waals surface area contributed by atoms with Crippen molar-refractivity contribution in [1.82, 2.24) is 24.3 Å². The van der Waals surface area contributed by atoms with Gasteiger partial charge in [-0.1, -0.05) is 5.16 Å². The van der Waals surface area contributed by atoms with Crippen LogP contribution >= 0.6 is 11.3 Å². The molecule has 0 unspecified atom stereocenters. The van der Waals surface area contributed by atoms with E-state index in [0.717, 1.165) is 41.8 Å². The Morgan fingerprint density at radius 1 is 1.35 bits per heavy atom. The molecule has 18 heteroatoms. The van der Waals surface area contributed by atoms with Gasteiger partial charge in [0.05, 0.1) is 44.8 Å². The Labute approximate surface area is 233 Å². The van der Waals surface area contributed by atoms with Gasteiger partial charge in [0.15, 0.2) is 26.9 Å². The lowest BCUT2D eigenvalue weighted by atomic mass is 9.84. The predicted octanol–water partition coefficient (Wildman–Crippen LogP) is -0.412. The highest BCUT2D eigenvalue weighted by Crippen LogP contribution is 2.34. The van der Waals surface area contributed by atoms with Gasteiger partial charge in [-0.25, -0.2) is 22.5 Å². The number of thiazole rings is 1. The fourth-order valence-electron chi connectivity index (χ4n) is 4.71. The lowest BCUT2D eigenvalue weighted by molar-refractivity contribution is -0.911. The van der Waals surface area contributed by atoms with Crippen molar-refractivity contribution in [3.8, 4) is 0 Å². The lowest BCUT2D eigenvalue weighted by Crippen LogP contribution is -2.64. The molecular weight excluding hydrogens is 568 g/mol. The molecule has 40 heavy (non-hydrogen) atoms. The highest BCUT2D eigenvalue weighted by Gasteiger charge is 2.52. The first-order chi connectivity index (χ1) is 18.6. The van der Waals surface area contributed by atoms with Crippen LogP contribution in [-0.2, 0) is 42.6 Å². The maximum absolute atomic E-state index is 13.3. The van der Waals surface area contributed by atoms with Crippen molar-refractivity contribution >= 4 is 50.1 Å². The van der Waals surface area contributed by atoms with E-state index in [0.29, 0.717) is 12.2 Å². The number of hydrogen-bond acceptors (Lipinski definition) is 13. The number of carboxylic acid groups (broad SMARTS) is 1. The van der Waals surface area contributed by atoms with E-state index in [1.807, 2.05) is 0 Å². The minimum atomic E-state index is -5.18. The maximum Gasteiger partial charge on any atom is 0.350 e. The summed E-state index contributed by atoms with van der Waals surface area (Å²) in [5.74, 6) is -4.42. The minimum Gasteiger partial charge on any atom is -0.731 e. The summed E-state index contributed by atoms with van der Waals surface area (Å²) in [7, 11) is -3.07. The van der Waals surface area contributed by atoms with E-state index in [4.69, 9.17) is 10.6 Å². The Morgan fingerprint density at radius 3 is 2.60 bits per heavy atom. The number of aromatic nitrogens is 4. The fraction of sp³-hybridized carbons (Fsp3) is 0.591. The number of ketones is 1. The van der Waals surface area contributed by atoms with E-state index >= 15 is 0 Å². The molecule has 218 valence electrons. The van der Waals surface area contributed by atoms with E-state index in [1.165, 1.54) is 24.0 Å². The fourth-order valence-corrected chi connectivity index (χ4v) is 6.16. The predicted molar refractivity (Wildman–Crippen MR) is 138 cm³/mol. The van der Waals surface area contributed by atoms with Crippen molar-refractivity contribution in [3.05, 3.63) is 23.0 Å². The molecule has 0 spiro atoms. The number of quaternary nitrogens is 1. The molecule has 2 saturated heterocycles. The second-order valence-corrected chi connectivity index (χ2v) is 12.8. The zero-order valence-electron chi connectivity index (χ0n) is 22.1. The van der Waals surface area contributed by atoms with Crippen molar-refractivity contribution in [1.29, 1.82) is 0 Å². The standard InChI is InChI=1S/C22H30N8O8S2/c1-22(2,20(33)34)38-27-18(15-12-39-21(23)25-15)17(31)8-14-16(29(19(14)32)40(35,36)37)10-28-24-9-13(26-28)11-30(3)6-4-5-7-30/h9,12,14,16H,4-8,10-11H2,1-3H3,(H3-,23,25,33,34,35,36,37)/b27-18-/t14-,16+/m0/s1. The lowest BCUT2D eigenvalue weighted by Gasteiger charge is -2.46. The molecule has 1 amide bonds. The van der Waals surface area contributed by atoms with Crippen molar-refractivity contribution in [2.24, 2.45) is 11.1 Å². The van der Waals surface area contributed by atoms with Crippen LogP contribution in [0.3, 0.4) is 0 Å². The van der Waals surface area contributed by atoms with Crippen molar-refractivity contribution < 1.29 is 41.8 Å². The number of β-lactam (4-membered cyclic amide) rings is 1. The highest BCUT2D eigenvalue weighted by atomic mass is 32.2. The molecule has 2 aromatic heterocycles. The molecule has 4 rings (SSSR count). The second kappa shape index (κ2) is 10.8. The van der Waals surface area contributed by atoms with Gasteiger partial charge in [0.25, 0.3) is 0 Å². The molecule has 0 radical (unpaired) electrons. The Balaban J connectivity index is 1.55. The van der Waals surface area contributed by atoms with Gasteiger partial charge in [-0.3, -0.25) is 9.59 Å². The summed E-state index contributed by atoms with van der Waals surface area (Å²) < 4.78 is 36.6. The van der Waals surface area contributed by atoms with Crippen LogP contribution in [0.1, 0.15) is 44.5 Å². The summed E-state index contributed by atoms with van der Waals surface area (Å²) in [4.78, 5) is 47.8. The maximum atomic E-state index is 13.3. The summed E-state index contributed by atoms with van der Waals surface area (Å²) in [6.45, 7) is 4.81. The molecular formula is C22H30N8O8S2. The van der Waals surface area contributed by atoms with Crippen LogP contribution in [0.15, 0.2) is 16.7 Å². The Hall–Kier alpha value is -3.48. The van der Waals surface area contributed by atoms with Gasteiger partial charge in [-0.2, -0.15) is 15.0 Å². The summed E-state index contributed by atoms with van der Waals surface area (Å²) in [6, 6.07) is -1.23. The number of oxime groups is 1. The number of Topliss-reactive ketones (excluding diaryl/α,β-unsaturated/α-hetero) is 1. The first kappa shape index (κ1) is 29.5. The SMILES string of the molecule is CC(C)(O/N=C(\C(=O)C[C@@H]1C(=O)N(S(=O)(=O)[O-])[C@@H]1Cn1ncc(C[N+]2(C)CCCC2)n1)c1csc(N)n1)C(=O)O. The molecule has 2 aliphatic heterocycles. The summed E-state index contributed by atoms with van der Waals surface area (Å²) in [5.41, 5.74) is 4.13. The van der Waals surface area contributed by atoms with Crippen LogP contribution in [0, 0.1) is 5.92 Å². The number of anilines is 1. The third kappa shape index (κ3) is 6.29. The van der Waals surface area contributed by atoms with E-state index < -0.39 is 57.7 Å². The smallest absolute Gasteiger partial charge is 0.350 e. The van der Waals surface area contributed by atoms with Crippen molar-refractivity contribution in [2.75, 3.05) is 25.9 Å². The number of rotatable bonds is 12. The molecule has 2 fully saturated rings. The molecule has 4 heterocycles. The minimum absolute atomic E-state index is 0.0118. The number of nitrogens with two attached hydrogens (primary N) is 1. The quantitative estimate of drug-likeness (QED) is 0.105. The number of carboxylic acids is 1. The zero-order valence-corrected chi connectivity index (χ0v) is 23.7. The monoisotopic (exact) mass is 598 g/mol. The van der Waals surface area contributed by atoms with E-state index in [2.05, 4.69) is 27.4 Å². The number of carbonyl (C=O) groups is 3. The Kier molecular flexibility index (Phi) is 7.99. The molecule has 0 saturated carbocycles. The molecule has 0 bridgehead atoms. The third-order valence-corrected chi connectivity index (χ3v) is 8.59. The Bertz CT molecular complexity index is 1440. The highest BCUT2D eigenvalue weighted by molar-refractivity contribution is 7.84. The summed E-state index contributed by atoms with van der Waals surface area (Å²) >= 11 is 0.993. The van der Waals surface area contributed by atoms with E-state index in [9.17, 15) is 32.5 Å². The average Bonchev–Trinajstić information content (AvgIpc) is 3.58. The Morgan fingerprint density at radius 2 is 2.02 bits per heavy atom. The number of carbonyl (C=O) groups excluding carboxylic acids is 2. The molecule has 16 nitrogen and oxygen atoms in total. The van der Waals surface area contributed by atoms with Gasteiger partial charge < -0.3 is 24.7 Å². The number of hydrogen-bond donors (Lipinski definition) is 2. The van der Waals surface area contributed by atoms with Gasteiger partial charge in [-0.15, -0.1) is 11.3 Å².